The Balaban J connectivity index is 1.71. The van der Waals surface area contributed by atoms with Crippen LogP contribution < -0.4 is 10.1 Å². The van der Waals surface area contributed by atoms with Gasteiger partial charge in [0.15, 0.2) is 0 Å². The van der Waals surface area contributed by atoms with Crippen molar-refractivity contribution < 1.29 is 24.2 Å². The first-order valence-electron chi connectivity index (χ1n) is 8.77. The number of hydrogen-bond acceptors (Lipinski definition) is 5. The summed E-state index contributed by atoms with van der Waals surface area (Å²) >= 11 is 0. The highest BCUT2D eigenvalue weighted by molar-refractivity contribution is 6.23. The fraction of sp³-hybridized carbons (Fsp3) is 0.421. The van der Waals surface area contributed by atoms with Gasteiger partial charge >= 0.3 is 0 Å². The van der Waals surface area contributed by atoms with Gasteiger partial charge in [-0.15, -0.1) is 0 Å². The average molecular weight is 358 g/mol. The van der Waals surface area contributed by atoms with Gasteiger partial charge in [-0.25, -0.2) is 0 Å². The van der Waals surface area contributed by atoms with Crippen molar-refractivity contribution in [1.82, 2.24) is 10.2 Å². The van der Waals surface area contributed by atoms with Crippen LogP contribution in [-0.2, 0) is 4.79 Å². The maximum absolute atomic E-state index is 12.7. The molecular weight excluding hydrogens is 336 g/mol. The number of piperidine rings is 1. The van der Waals surface area contributed by atoms with Crippen molar-refractivity contribution >= 4 is 17.7 Å². The Bertz CT molecular complexity index is 758. The third kappa shape index (κ3) is 3.48. The fourth-order valence-electron chi connectivity index (χ4n) is 3.20. The third-order valence-electron chi connectivity index (χ3n) is 4.59. The lowest BCUT2D eigenvalue weighted by Crippen LogP contribution is -2.51. The zero-order chi connectivity index (χ0) is 18.7. The van der Waals surface area contributed by atoms with E-state index in [1.807, 2.05) is 0 Å². The fourth-order valence-corrected chi connectivity index (χ4v) is 3.20. The topological polar surface area (TPSA) is 95.9 Å². The molecule has 0 spiro atoms. The van der Waals surface area contributed by atoms with Crippen LogP contribution >= 0.6 is 0 Å². The first kappa shape index (κ1) is 18.1. The zero-order valence-corrected chi connectivity index (χ0v) is 14.5. The first-order chi connectivity index (χ1) is 12.5. The number of benzene rings is 1. The summed E-state index contributed by atoms with van der Waals surface area (Å²) in [5, 5.41) is 11.4. The van der Waals surface area contributed by atoms with Crippen LogP contribution in [0.3, 0.4) is 0 Å². The number of allylic oxidation sites excluding steroid dienone is 1. The van der Waals surface area contributed by atoms with Gasteiger partial charge in [-0.2, -0.15) is 0 Å². The van der Waals surface area contributed by atoms with Gasteiger partial charge < -0.3 is 15.2 Å². The molecule has 1 aromatic carbocycles. The van der Waals surface area contributed by atoms with Gasteiger partial charge in [0.1, 0.15) is 11.8 Å². The predicted molar refractivity (Wildman–Crippen MR) is 93.7 cm³/mol. The molecule has 138 valence electrons. The molecule has 3 rings (SSSR count). The molecule has 2 N–H and O–H groups in total. The van der Waals surface area contributed by atoms with Crippen molar-refractivity contribution in [3.63, 3.8) is 0 Å². The van der Waals surface area contributed by atoms with Crippen molar-refractivity contribution in [2.24, 2.45) is 0 Å². The summed E-state index contributed by atoms with van der Waals surface area (Å²) in [7, 11) is 0. The van der Waals surface area contributed by atoms with Crippen LogP contribution in [-0.4, -0.2) is 47.0 Å². The molecule has 2 heterocycles. The summed E-state index contributed by atoms with van der Waals surface area (Å²) in [5.74, 6) is -0.788. The molecule has 1 unspecified atom stereocenters. The molecule has 1 fully saturated rings. The molecule has 7 nitrogen and oxygen atoms in total. The van der Waals surface area contributed by atoms with Crippen LogP contribution in [0.1, 0.15) is 52.8 Å². The molecule has 0 bridgehead atoms. The van der Waals surface area contributed by atoms with E-state index in [0.717, 1.165) is 24.2 Å². The van der Waals surface area contributed by atoms with Crippen molar-refractivity contribution in [2.45, 2.75) is 38.1 Å². The molecule has 0 aliphatic carbocycles. The van der Waals surface area contributed by atoms with Gasteiger partial charge in [0.05, 0.1) is 17.7 Å². The molecule has 1 saturated heterocycles. The number of rotatable bonds is 7. The van der Waals surface area contributed by atoms with E-state index in [1.165, 1.54) is 0 Å². The summed E-state index contributed by atoms with van der Waals surface area (Å²) in [5.41, 5.74) is 1.15. The van der Waals surface area contributed by atoms with Gasteiger partial charge in [0.2, 0.25) is 5.91 Å². The summed E-state index contributed by atoms with van der Waals surface area (Å²) in [4.78, 5) is 38.5. The summed E-state index contributed by atoms with van der Waals surface area (Å²) in [6, 6.07) is 3.97. The van der Waals surface area contributed by atoms with Crippen molar-refractivity contribution in [1.29, 1.82) is 0 Å². The highest BCUT2D eigenvalue weighted by atomic mass is 16.5. The summed E-state index contributed by atoms with van der Waals surface area (Å²) in [6.07, 6.45) is 3.29. The Morgan fingerprint density at radius 1 is 1.15 bits per heavy atom. The van der Waals surface area contributed by atoms with E-state index in [9.17, 15) is 14.4 Å². The average Bonchev–Trinajstić information content (AvgIpc) is 2.86. The number of nitrogens with one attached hydrogen (secondary N) is 1. The number of nitrogens with zero attached hydrogens (tertiary/aromatic N) is 1. The maximum Gasteiger partial charge on any atom is 0.262 e. The Hall–Kier alpha value is -2.67. The lowest BCUT2D eigenvalue weighted by atomic mass is 10.0. The molecule has 0 aromatic heterocycles. The molecule has 3 amide bonds. The number of imide groups is 1. The molecule has 0 radical (unpaired) electrons. The lowest BCUT2D eigenvalue weighted by molar-refractivity contribution is -0.125. The van der Waals surface area contributed by atoms with Crippen LogP contribution in [0.25, 0.3) is 0 Å². The number of hydrogen-bond donors (Lipinski definition) is 2. The quantitative estimate of drug-likeness (QED) is 0.570. The number of carbonyl (C=O) groups is 3. The van der Waals surface area contributed by atoms with E-state index in [0.29, 0.717) is 36.5 Å². The van der Waals surface area contributed by atoms with Crippen LogP contribution in [0.2, 0.25) is 0 Å². The van der Waals surface area contributed by atoms with Crippen molar-refractivity contribution in [3.8, 4) is 5.75 Å². The number of unbranched alkanes of at least 4 members (excludes halogenated alkanes) is 2. The van der Waals surface area contributed by atoms with E-state index in [4.69, 9.17) is 9.84 Å². The summed E-state index contributed by atoms with van der Waals surface area (Å²) < 4.78 is 5.62. The van der Waals surface area contributed by atoms with Gasteiger partial charge in [-0.3, -0.25) is 19.3 Å². The minimum absolute atomic E-state index is 0.160. The molecule has 1 atom stereocenters. The minimum Gasteiger partial charge on any atom is -0.494 e. The predicted octanol–water partition coefficient (Wildman–Crippen LogP) is 1.62. The Labute approximate surface area is 151 Å². The third-order valence-corrected chi connectivity index (χ3v) is 4.59. The van der Waals surface area contributed by atoms with E-state index in [-0.39, 0.29) is 18.1 Å². The summed E-state index contributed by atoms with van der Waals surface area (Å²) in [6.45, 7) is 4.34. The Kier molecular flexibility index (Phi) is 5.37. The molecule has 2 aliphatic heterocycles. The molecule has 26 heavy (non-hydrogen) atoms. The van der Waals surface area contributed by atoms with Gasteiger partial charge in [-0.1, -0.05) is 6.58 Å². The second-order valence-electron chi connectivity index (χ2n) is 6.47. The van der Waals surface area contributed by atoms with Crippen LogP contribution in [0.5, 0.6) is 5.75 Å². The molecule has 0 saturated carbocycles. The van der Waals surface area contributed by atoms with Crippen LogP contribution in [0.15, 0.2) is 30.5 Å². The molecular formula is C19H22N2O5. The first-order valence-corrected chi connectivity index (χ1v) is 8.77. The molecule has 2 aliphatic rings. The Morgan fingerprint density at radius 2 is 1.92 bits per heavy atom. The van der Waals surface area contributed by atoms with Gasteiger partial charge in [0, 0.05) is 12.3 Å². The van der Waals surface area contributed by atoms with E-state index in [1.54, 1.807) is 18.2 Å². The van der Waals surface area contributed by atoms with Crippen molar-refractivity contribution in [2.75, 3.05) is 13.2 Å². The largest absolute Gasteiger partial charge is 0.494 e. The number of ether oxygens (including phenoxy) is 1. The highest BCUT2D eigenvalue weighted by Gasteiger charge is 2.44. The lowest BCUT2D eigenvalue weighted by Gasteiger charge is -2.29. The normalized spacial score (nSPS) is 19.6. The van der Waals surface area contributed by atoms with Crippen LogP contribution in [0, 0.1) is 0 Å². The number of carbonyl (C=O) groups excluding carboxylic acids is 3. The molecule has 1 aromatic rings. The van der Waals surface area contributed by atoms with E-state index >= 15 is 0 Å². The number of aliphatic hydroxyl groups is 1. The maximum atomic E-state index is 12.7. The zero-order valence-electron chi connectivity index (χ0n) is 14.5. The number of amides is 3. The molecule has 7 heteroatoms. The number of fused-ring (bicyclic) bond motifs is 1. The standard InChI is InChI=1S/C19H22N2O5/c1-12-5-8-16(17(23)20-12)21-18(24)14-7-6-13(11-15(14)19(21)25)26-10-4-2-3-9-22/h6-7,11,16,22H,1-5,8-10H2,(H,20,23). The Morgan fingerprint density at radius 3 is 2.65 bits per heavy atom. The monoisotopic (exact) mass is 358 g/mol. The van der Waals surface area contributed by atoms with E-state index in [2.05, 4.69) is 11.9 Å². The highest BCUT2D eigenvalue weighted by Crippen LogP contribution is 2.30. The van der Waals surface area contributed by atoms with Gasteiger partial charge in [-0.05, 0) is 50.3 Å². The van der Waals surface area contributed by atoms with Crippen molar-refractivity contribution in [3.05, 3.63) is 41.6 Å². The smallest absolute Gasteiger partial charge is 0.262 e. The van der Waals surface area contributed by atoms with Gasteiger partial charge in [0.25, 0.3) is 11.8 Å². The minimum atomic E-state index is -0.809. The number of aliphatic hydroxyl groups excluding tert-OH is 1. The van der Waals surface area contributed by atoms with E-state index < -0.39 is 17.9 Å². The second kappa shape index (κ2) is 7.70. The SMILES string of the molecule is C=C1CCC(N2C(=O)c3ccc(OCCCCCO)cc3C2=O)C(=O)N1. The van der Waals surface area contributed by atoms with Crippen LogP contribution in [0.4, 0.5) is 0 Å². The second-order valence-corrected chi connectivity index (χ2v) is 6.47.